The number of nitrogens with two attached hydrogens (primary N) is 1. The third-order valence-electron chi connectivity index (χ3n) is 4.72. The number of aromatic nitrogens is 3. The number of aromatic amines is 1. The zero-order valence-electron chi connectivity index (χ0n) is 16.0. The molecular formula is C21H16Cl2FN5O. The minimum atomic E-state index is -0.418. The Labute approximate surface area is 181 Å². The number of hydrogen-bond acceptors (Lipinski definition) is 4. The van der Waals surface area contributed by atoms with Crippen LogP contribution in [0.1, 0.15) is 10.4 Å². The van der Waals surface area contributed by atoms with Gasteiger partial charge in [0.15, 0.2) is 0 Å². The lowest BCUT2D eigenvalue weighted by Crippen LogP contribution is -2.23. The molecule has 0 spiro atoms. The molecule has 6 nitrogen and oxygen atoms in total. The van der Waals surface area contributed by atoms with Crippen molar-refractivity contribution >= 4 is 46.0 Å². The van der Waals surface area contributed by atoms with E-state index in [9.17, 15) is 9.18 Å². The largest absolute Gasteiger partial charge is 0.383 e. The molecule has 0 unspecified atom stereocenters. The number of carbonyl (C=O) groups is 1. The number of hydrogen-bond donors (Lipinski definition) is 2. The number of nitrogen functional groups attached to an aromatic ring is 1. The van der Waals surface area contributed by atoms with Crippen molar-refractivity contribution in [1.82, 2.24) is 19.9 Å². The smallest absolute Gasteiger partial charge is 0.257 e. The topological polar surface area (TPSA) is 87.9 Å². The third kappa shape index (κ3) is 3.36. The van der Waals surface area contributed by atoms with Gasteiger partial charge in [-0.1, -0.05) is 23.2 Å². The average molecular weight is 444 g/mol. The zero-order valence-corrected chi connectivity index (χ0v) is 17.5. The second-order valence-electron chi connectivity index (χ2n) is 6.89. The number of benzene rings is 1. The molecule has 152 valence electrons. The van der Waals surface area contributed by atoms with E-state index < -0.39 is 5.82 Å². The minimum absolute atomic E-state index is 0.122. The fourth-order valence-electron chi connectivity index (χ4n) is 3.21. The molecule has 0 saturated heterocycles. The van der Waals surface area contributed by atoms with Gasteiger partial charge < -0.3 is 15.6 Å². The Balaban J connectivity index is 1.93. The fourth-order valence-corrected chi connectivity index (χ4v) is 3.78. The third-order valence-corrected chi connectivity index (χ3v) is 5.44. The second kappa shape index (κ2) is 7.59. The normalized spacial score (nSPS) is 11.1. The first-order valence-electron chi connectivity index (χ1n) is 8.86. The summed E-state index contributed by atoms with van der Waals surface area (Å²) in [6.07, 6.45) is 4.78. The van der Waals surface area contributed by atoms with E-state index in [2.05, 4.69) is 15.0 Å². The van der Waals surface area contributed by atoms with Crippen molar-refractivity contribution in [3.05, 3.63) is 64.3 Å². The van der Waals surface area contributed by atoms with Gasteiger partial charge in [-0.15, -0.1) is 0 Å². The molecule has 1 amide bonds. The van der Waals surface area contributed by atoms with E-state index in [0.717, 1.165) is 0 Å². The van der Waals surface area contributed by atoms with Crippen molar-refractivity contribution < 1.29 is 9.18 Å². The van der Waals surface area contributed by atoms with Gasteiger partial charge in [0.05, 0.1) is 10.6 Å². The maximum absolute atomic E-state index is 13.8. The molecule has 0 aliphatic carbocycles. The van der Waals surface area contributed by atoms with Crippen LogP contribution in [0.3, 0.4) is 0 Å². The summed E-state index contributed by atoms with van der Waals surface area (Å²) in [6, 6.07) is 5.74. The molecule has 0 bridgehead atoms. The molecular weight excluding hydrogens is 428 g/mol. The summed E-state index contributed by atoms with van der Waals surface area (Å²) in [4.78, 5) is 25.4. The Bertz CT molecular complexity index is 1300. The molecule has 30 heavy (non-hydrogen) atoms. The Morgan fingerprint density at radius 1 is 1.10 bits per heavy atom. The molecule has 0 aliphatic rings. The molecule has 1 aromatic carbocycles. The molecule has 0 saturated carbocycles. The molecule has 4 aromatic rings. The maximum Gasteiger partial charge on any atom is 0.257 e. The number of fused-ring (bicyclic) bond motifs is 1. The van der Waals surface area contributed by atoms with Gasteiger partial charge in [0.1, 0.15) is 17.3 Å². The van der Waals surface area contributed by atoms with Crippen LogP contribution < -0.4 is 5.73 Å². The number of nitrogens with one attached hydrogen (secondary N) is 1. The number of anilines is 1. The molecule has 4 rings (SSSR count). The Morgan fingerprint density at radius 3 is 2.60 bits per heavy atom. The van der Waals surface area contributed by atoms with Gasteiger partial charge in [-0.3, -0.25) is 4.79 Å². The highest BCUT2D eigenvalue weighted by atomic mass is 35.5. The number of nitrogens with zero attached hydrogens (tertiary/aromatic N) is 3. The number of halogens is 3. The number of pyridine rings is 2. The quantitative estimate of drug-likeness (QED) is 0.465. The lowest BCUT2D eigenvalue weighted by atomic mass is 10.0. The summed E-state index contributed by atoms with van der Waals surface area (Å²) >= 11 is 13.0. The first-order chi connectivity index (χ1) is 14.3. The van der Waals surface area contributed by atoms with Crippen LogP contribution in [0.5, 0.6) is 0 Å². The monoisotopic (exact) mass is 443 g/mol. The highest BCUT2D eigenvalue weighted by Gasteiger charge is 2.20. The molecule has 3 heterocycles. The maximum atomic E-state index is 13.8. The Hall–Kier alpha value is -3.16. The van der Waals surface area contributed by atoms with E-state index in [1.165, 1.54) is 29.3 Å². The SMILES string of the molecule is CN(C)C(=O)c1cc(-c2cnc3[nH]cc(-c4cc(F)ccc4Cl)c3c2Cl)cnc1N. The number of carbonyl (C=O) groups excluding carboxylic acids is 1. The number of H-pyrrole nitrogens is 1. The van der Waals surface area contributed by atoms with Gasteiger partial charge in [-0.2, -0.15) is 0 Å². The fraction of sp³-hybridized carbons (Fsp3) is 0.0952. The van der Waals surface area contributed by atoms with Gasteiger partial charge in [0, 0.05) is 65.3 Å². The van der Waals surface area contributed by atoms with Crippen LogP contribution in [-0.2, 0) is 0 Å². The van der Waals surface area contributed by atoms with Crippen molar-refractivity contribution in [2.45, 2.75) is 0 Å². The summed E-state index contributed by atoms with van der Waals surface area (Å²) in [5.41, 5.74) is 8.90. The standard InChI is InChI=1S/C21H16Cl2FN5O/c1-29(2)21(30)13-5-10(7-26-19(13)25)14-8-27-20-17(18(14)23)15(9-28-20)12-6-11(24)3-4-16(12)22/h3-9H,1-2H3,(H2,25,26)(H,27,28). The summed E-state index contributed by atoms with van der Waals surface area (Å²) in [5.74, 6) is -0.573. The van der Waals surface area contributed by atoms with E-state index in [0.29, 0.717) is 43.3 Å². The van der Waals surface area contributed by atoms with E-state index >= 15 is 0 Å². The minimum Gasteiger partial charge on any atom is -0.383 e. The van der Waals surface area contributed by atoms with Crippen LogP contribution >= 0.6 is 23.2 Å². The van der Waals surface area contributed by atoms with Crippen LogP contribution in [-0.4, -0.2) is 39.9 Å². The Kier molecular flexibility index (Phi) is 5.09. The zero-order chi connectivity index (χ0) is 21.6. The molecule has 0 radical (unpaired) electrons. The lowest BCUT2D eigenvalue weighted by molar-refractivity contribution is 0.0828. The molecule has 0 atom stereocenters. The number of amides is 1. The van der Waals surface area contributed by atoms with Gasteiger partial charge in [0.2, 0.25) is 0 Å². The van der Waals surface area contributed by atoms with Crippen LogP contribution in [0.15, 0.2) is 42.9 Å². The van der Waals surface area contributed by atoms with Crippen molar-refractivity contribution in [1.29, 1.82) is 0 Å². The summed E-state index contributed by atoms with van der Waals surface area (Å²) in [7, 11) is 3.26. The Morgan fingerprint density at radius 2 is 1.87 bits per heavy atom. The van der Waals surface area contributed by atoms with E-state index in [1.807, 2.05) is 0 Å². The van der Waals surface area contributed by atoms with Crippen LogP contribution in [0, 0.1) is 5.82 Å². The predicted molar refractivity (Wildman–Crippen MR) is 117 cm³/mol. The van der Waals surface area contributed by atoms with Gasteiger partial charge >= 0.3 is 0 Å². The van der Waals surface area contributed by atoms with Crippen molar-refractivity contribution in [3.63, 3.8) is 0 Å². The second-order valence-corrected chi connectivity index (χ2v) is 7.68. The highest BCUT2D eigenvalue weighted by Crippen LogP contribution is 2.41. The highest BCUT2D eigenvalue weighted by molar-refractivity contribution is 6.40. The van der Waals surface area contributed by atoms with Gasteiger partial charge in [-0.05, 0) is 24.3 Å². The van der Waals surface area contributed by atoms with Crippen molar-refractivity contribution in [3.8, 4) is 22.3 Å². The van der Waals surface area contributed by atoms with Crippen LogP contribution in [0.25, 0.3) is 33.3 Å². The first-order valence-corrected chi connectivity index (χ1v) is 9.62. The summed E-state index contributed by atoms with van der Waals surface area (Å²) < 4.78 is 13.8. The van der Waals surface area contributed by atoms with Crippen molar-refractivity contribution in [2.24, 2.45) is 0 Å². The molecule has 0 fully saturated rings. The molecule has 9 heteroatoms. The predicted octanol–water partition coefficient (Wildman–Crippen LogP) is 5.02. The van der Waals surface area contributed by atoms with E-state index in [1.54, 1.807) is 32.6 Å². The molecule has 0 aliphatic heterocycles. The van der Waals surface area contributed by atoms with Gasteiger partial charge in [-0.25, -0.2) is 14.4 Å². The molecule has 3 N–H and O–H groups in total. The first kappa shape index (κ1) is 20.1. The van der Waals surface area contributed by atoms with Gasteiger partial charge in [0.25, 0.3) is 5.91 Å². The van der Waals surface area contributed by atoms with E-state index in [4.69, 9.17) is 28.9 Å². The van der Waals surface area contributed by atoms with E-state index in [-0.39, 0.29) is 17.3 Å². The number of rotatable bonds is 3. The van der Waals surface area contributed by atoms with Crippen molar-refractivity contribution in [2.75, 3.05) is 19.8 Å². The summed E-state index contributed by atoms with van der Waals surface area (Å²) in [6.45, 7) is 0. The lowest BCUT2D eigenvalue weighted by Gasteiger charge is -2.13. The average Bonchev–Trinajstić information content (AvgIpc) is 3.15. The molecule has 3 aromatic heterocycles. The van der Waals surface area contributed by atoms with Crippen LogP contribution in [0.4, 0.5) is 10.2 Å². The van der Waals surface area contributed by atoms with Crippen LogP contribution in [0.2, 0.25) is 10.0 Å². The summed E-state index contributed by atoms with van der Waals surface area (Å²) in [5, 5.41) is 1.33.